The van der Waals surface area contributed by atoms with E-state index in [0.29, 0.717) is 25.2 Å². The molecule has 0 spiro atoms. The number of carbonyl (C=O) groups is 1. The first kappa shape index (κ1) is 22.8. The second-order valence-electron chi connectivity index (χ2n) is 7.73. The maximum Gasteiger partial charge on any atom is 0.417 e. The van der Waals surface area contributed by atoms with Crippen molar-refractivity contribution in [3.05, 3.63) is 65.1 Å². The van der Waals surface area contributed by atoms with Gasteiger partial charge in [-0.1, -0.05) is 12.1 Å². The summed E-state index contributed by atoms with van der Waals surface area (Å²) < 4.78 is 63.1. The summed E-state index contributed by atoms with van der Waals surface area (Å²) in [6.45, 7) is 0.674. The molecule has 0 saturated carbocycles. The van der Waals surface area contributed by atoms with E-state index in [1.54, 1.807) is 17.0 Å². The molecule has 2 aromatic heterocycles. The van der Waals surface area contributed by atoms with Gasteiger partial charge in [0.15, 0.2) is 0 Å². The summed E-state index contributed by atoms with van der Waals surface area (Å²) >= 11 is 0. The van der Waals surface area contributed by atoms with E-state index in [1.807, 2.05) is 6.07 Å². The maximum atomic E-state index is 13.0. The van der Waals surface area contributed by atoms with Crippen molar-refractivity contribution in [2.45, 2.75) is 24.3 Å². The number of nitrogens with zero attached hydrogens (tertiary/aromatic N) is 4. The van der Waals surface area contributed by atoms with Gasteiger partial charge < -0.3 is 14.8 Å². The molecule has 0 fully saturated rings. The second kappa shape index (κ2) is 8.18. The summed E-state index contributed by atoms with van der Waals surface area (Å²) in [7, 11) is -2.09. The number of nitrogens with one attached hydrogen (secondary N) is 1. The van der Waals surface area contributed by atoms with E-state index in [1.165, 1.54) is 23.9 Å². The van der Waals surface area contributed by atoms with Crippen molar-refractivity contribution in [3.63, 3.8) is 0 Å². The third kappa shape index (κ3) is 4.56. The molecule has 12 heteroatoms. The van der Waals surface area contributed by atoms with Gasteiger partial charge in [0.1, 0.15) is 11.5 Å². The minimum atomic E-state index is -4.45. The number of amides is 1. The van der Waals surface area contributed by atoms with Gasteiger partial charge >= 0.3 is 6.18 Å². The normalized spacial score (nSPS) is 14.2. The van der Waals surface area contributed by atoms with Crippen LogP contribution in [0.4, 0.5) is 24.7 Å². The van der Waals surface area contributed by atoms with Crippen LogP contribution in [0.3, 0.4) is 0 Å². The molecular formula is C21H20F3N5O3S. The molecule has 1 amide bonds. The van der Waals surface area contributed by atoms with Crippen LogP contribution in [0.2, 0.25) is 0 Å². The first-order chi connectivity index (χ1) is 15.4. The zero-order valence-electron chi connectivity index (χ0n) is 17.7. The first-order valence-corrected chi connectivity index (χ1v) is 11.8. The molecule has 0 atom stereocenters. The van der Waals surface area contributed by atoms with Crippen LogP contribution in [-0.4, -0.2) is 46.6 Å². The van der Waals surface area contributed by atoms with Crippen molar-refractivity contribution in [2.75, 3.05) is 18.1 Å². The summed E-state index contributed by atoms with van der Waals surface area (Å²) in [4.78, 5) is 22.3. The molecule has 4 rings (SSSR count). The molecular weight excluding hydrogens is 459 g/mol. The zero-order chi connectivity index (χ0) is 24.0. The van der Waals surface area contributed by atoms with E-state index >= 15 is 0 Å². The quantitative estimate of drug-likeness (QED) is 0.618. The highest BCUT2D eigenvalue weighted by Gasteiger charge is 2.31. The van der Waals surface area contributed by atoms with E-state index in [9.17, 15) is 26.4 Å². The average Bonchev–Trinajstić information content (AvgIpc) is 3.14. The topological polar surface area (TPSA) is 97.2 Å². The smallest absolute Gasteiger partial charge is 0.340 e. The van der Waals surface area contributed by atoms with Crippen LogP contribution in [0.5, 0.6) is 0 Å². The number of hydrogen-bond acceptors (Lipinski definition) is 6. The molecule has 0 saturated heterocycles. The van der Waals surface area contributed by atoms with Gasteiger partial charge in [-0.3, -0.25) is 4.79 Å². The second-order valence-corrected chi connectivity index (χ2v) is 9.64. The molecule has 33 heavy (non-hydrogen) atoms. The van der Waals surface area contributed by atoms with E-state index in [-0.39, 0.29) is 22.6 Å². The van der Waals surface area contributed by atoms with Crippen LogP contribution in [-0.2, 0) is 36.0 Å². The highest BCUT2D eigenvalue weighted by Crippen LogP contribution is 2.31. The highest BCUT2D eigenvalue weighted by molar-refractivity contribution is 7.90. The molecule has 0 aliphatic carbocycles. The Labute approximate surface area is 188 Å². The third-order valence-electron chi connectivity index (χ3n) is 5.40. The number of sulfone groups is 1. The predicted octanol–water partition coefficient (Wildman–Crippen LogP) is 3.18. The summed E-state index contributed by atoms with van der Waals surface area (Å²) in [5.41, 5.74) is 1.85. The summed E-state index contributed by atoms with van der Waals surface area (Å²) in [6, 6.07) is 7.68. The van der Waals surface area contributed by atoms with E-state index in [0.717, 1.165) is 29.6 Å². The van der Waals surface area contributed by atoms with E-state index in [2.05, 4.69) is 15.3 Å². The lowest BCUT2D eigenvalue weighted by Crippen LogP contribution is -2.37. The van der Waals surface area contributed by atoms with Gasteiger partial charge in [-0.2, -0.15) is 13.2 Å². The van der Waals surface area contributed by atoms with Gasteiger partial charge in [-0.05, 0) is 35.7 Å². The summed E-state index contributed by atoms with van der Waals surface area (Å²) in [6.07, 6.45) is -0.898. The van der Waals surface area contributed by atoms with Crippen LogP contribution in [0, 0.1) is 0 Å². The summed E-state index contributed by atoms with van der Waals surface area (Å²) in [5, 5.41) is 2.87. The average molecular weight is 479 g/mol. The third-order valence-corrected chi connectivity index (χ3v) is 6.45. The minimum absolute atomic E-state index is 0.169. The van der Waals surface area contributed by atoms with Gasteiger partial charge in [0, 0.05) is 38.3 Å². The van der Waals surface area contributed by atoms with Crippen LogP contribution in [0.15, 0.2) is 47.9 Å². The number of alkyl halides is 3. The number of rotatable bonds is 4. The molecule has 3 heterocycles. The number of anilines is 2. The Bertz CT molecular complexity index is 1320. The van der Waals surface area contributed by atoms with E-state index < -0.39 is 21.6 Å². The Hall–Kier alpha value is -3.41. The van der Waals surface area contributed by atoms with Gasteiger partial charge in [0.25, 0.3) is 5.91 Å². The molecule has 8 nitrogen and oxygen atoms in total. The molecule has 1 N–H and O–H groups in total. The fraction of sp³-hybridized carbons (Fsp3) is 0.286. The number of fused-ring (bicyclic) bond motifs is 1. The molecule has 3 aromatic rings. The predicted molar refractivity (Wildman–Crippen MR) is 114 cm³/mol. The number of hydrogen-bond donors (Lipinski definition) is 1. The van der Waals surface area contributed by atoms with Crippen LogP contribution >= 0.6 is 0 Å². The molecule has 1 aliphatic heterocycles. The number of benzene rings is 1. The van der Waals surface area contributed by atoms with Gasteiger partial charge in [-0.25, -0.2) is 18.4 Å². The highest BCUT2D eigenvalue weighted by atomic mass is 32.2. The van der Waals surface area contributed by atoms with Crippen molar-refractivity contribution in [2.24, 2.45) is 7.05 Å². The lowest BCUT2D eigenvalue weighted by Gasteiger charge is -2.30. The number of imidazole rings is 1. The van der Waals surface area contributed by atoms with Gasteiger partial charge in [0.2, 0.25) is 15.0 Å². The van der Waals surface area contributed by atoms with E-state index in [4.69, 9.17) is 0 Å². The Morgan fingerprint density at radius 2 is 1.88 bits per heavy atom. The summed E-state index contributed by atoms with van der Waals surface area (Å²) in [5.74, 6) is -0.0635. The number of aromatic nitrogens is 3. The molecule has 0 unspecified atom stereocenters. The largest absolute Gasteiger partial charge is 0.417 e. The fourth-order valence-electron chi connectivity index (χ4n) is 3.77. The Kier molecular flexibility index (Phi) is 5.64. The fourth-order valence-corrected chi connectivity index (χ4v) is 4.61. The van der Waals surface area contributed by atoms with Crippen molar-refractivity contribution >= 4 is 27.2 Å². The van der Waals surface area contributed by atoms with Crippen molar-refractivity contribution in [3.8, 4) is 0 Å². The Morgan fingerprint density at radius 1 is 1.12 bits per heavy atom. The molecule has 1 aromatic carbocycles. The molecule has 1 aliphatic rings. The number of halogens is 3. The maximum absolute atomic E-state index is 13.0. The van der Waals surface area contributed by atoms with Crippen molar-refractivity contribution in [1.82, 2.24) is 19.4 Å². The lowest BCUT2D eigenvalue weighted by atomic mass is 9.97. The van der Waals surface area contributed by atoms with Crippen LogP contribution in [0.1, 0.15) is 27.2 Å². The lowest BCUT2D eigenvalue weighted by molar-refractivity contribution is -0.137. The van der Waals surface area contributed by atoms with Crippen molar-refractivity contribution in [1.29, 1.82) is 0 Å². The molecule has 0 radical (unpaired) electrons. The van der Waals surface area contributed by atoms with Crippen molar-refractivity contribution < 1.29 is 26.4 Å². The first-order valence-electron chi connectivity index (χ1n) is 9.87. The monoisotopic (exact) mass is 479 g/mol. The number of pyridine rings is 1. The standard InChI is InChI=1S/C21H20F3N5O3S/c1-28-17(11-26-20(28)33(2,31)32)19(30)29-9-8-15-13(12-29)4-3-5-16(15)27-18-7-6-14(10-25-18)21(22,23)24/h3-7,10-11H,8-9,12H2,1-2H3,(H,25,27). The SMILES string of the molecule is Cn1c(C(=O)N2CCc3c(cccc3Nc3ccc(C(F)(F)F)cn3)C2)cnc1S(C)(=O)=O. The Morgan fingerprint density at radius 3 is 2.48 bits per heavy atom. The van der Waals surface area contributed by atoms with Crippen LogP contribution in [0.25, 0.3) is 0 Å². The van der Waals surface area contributed by atoms with Gasteiger partial charge in [-0.15, -0.1) is 0 Å². The van der Waals surface area contributed by atoms with Gasteiger partial charge in [0.05, 0.1) is 11.8 Å². The Balaban J connectivity index is 1.54. The molecule has 0 bridgehead atoms. The molecule has 174 valence electrons. The van der Waals surface area contributed by atoms with Crippen LogP contribution < -0.4 is 5.32 Å². The zero-order valence-corrected chi connectivity index (χ0v) is 18.5. The minimum Gasteiger partial charge on any atom is -0.340 e. The number of carbonyl (C=O) groups excluding carboxylic acids is 1.